The molecule has 0 saturated heterocycles. The van der Waals surface area contributed by atoms with E-state index in [-0.39, 0.29) is 94.6 Å². The lowest BCUT2D eigenvalue weighted by Gasteiger charge is -2.34. The molecule has 0 radical (unpaired) electrons. The van der Waals surface area contributed by atoms with Crippen molar-refractivity contribution in [2.75, 3.05) is 159 Å². The molecule has 0 bridgehead atoms. The van der Waals surface area contributed by atoms with Crippen LogP contribution in [0.2, 0.25) is 0 Å². The predicted octanol–water partition coefficient (Wildman–Crippen LogP) is 22.3. The van der Waals surface area contributed by atoms with Crippen LogP contribution in [0.4, 0.5) is 0 Å². The third-order valence-electron chi connectivity index (χ3n) is 19.5. The minimum atomic E-state index is -0.580. The highest BCUT2D eigenvalue weighted by atomic mass is 16.6. The molecule has 0 heterocycles. The van der Waals surface area contributed by atoms with Gasteiger partial charge in [-0.2, -0.15) is 0 Å². The van der Waals surface area contributed by atoms with Crippen molar-refractivity contribution in [1.29, 1.82) is 0 Å². The Balaban J connectivity index is -0.00000166. The molecule has 2 rings (SSSR count). The normalized spacial score (nSPS) is 14.8. The summed E-state index contributed by atoms with van der Waals surface area (Å²) in [6.45, 7) is 110. The van der Waals surface area contributed by atoms with E-state index in [0.717, 1.165) is 11.5 Å². The second kappa shape index (κ2) is 75.1. The third kappa shape index (κ3) is 68.8. The molecular formula is C109H184O28. The summed E-state index contributed by atoms with van der Waals surface area (Å²) in [7, 11) is 0. The van der Waals surface area contributed by atoms with Gasteiger partial charge in [0.05, 0.1) is 252 Å². The molecule has 137 heavy (non-hydrogen) atoms. The summed E-state index contributed by atoms with van der Waals surface area (Å²) in [5, 5.41) is 0. The van der Waals surface area contributed by atoms with Crippen molar-refractivity contribution in [2.45, 2.75) is 274 Å². The summed E-state index contributed by atoms with van der Waals surface area (Å²) in [6.07, 6.45) is 18.9. The highest BCUT2D eigenvalue weighted by molar-refractivity contribution is 5.42. The van der Waals surface area contributed by atoms with Gasteiger partial charge in [0.25, 0.3) is 0 Å². The molecule has 0 saturated carbocycles. The molecule has 28 heteroatoms. The van der Waals surface area contributed by atoms with Gasteiger partial charge in [0.15, 0.2) is 0 Å². The molecule has 0 aromatic heterocycles. The molecular weight excluding hydrogens is 1760 g/mol. The fourth-order valence-electron chi connectivity index (χ4n) is 12.0. The van der Waals surface area contributed by atoms with E-state index in [9.17, 15) is 0 Å². The van der Waals surface area contributed by atoms with E-state index in [1.165, 1.54) is 98.8 Å². The minimum absolute atomic E-state index is 0.0550. The maximum atomic E-state index is 5.99. The summed E-state index contributed by atoms with van der Waals surface area (Å²) < 4.78 is 157. The van der Waals surface area contributed by atoms with Gasteiger partial charge in [0.2, 0.25) is 0 Å². The Hall–Kier alpha value is -8.88. The summed E-state index contributed by atoms with van der Waals surface area (Å²) in [4.78, 5) is 0. The molecule has 0 aliphatic rings. The zero-order chi connectivity index (χ0) is 104. The molecule has 11 unspecified atom stereocenters. The van der Waals surface area contributed by atoms with E-state index < -0.39 is 22.2 Å². The maximum absolute atomic E-state index is 5.99. The van der Waals surface area contributed by atoms with Crippen LogP contribution in [0.5, 0.6) is 11.5 Å². The molecule has 0 N–H and O–H groups in total. The molecule has 0 aliphatic carbocycles. The summed E-state index contributed by atoms with van der Waals surface area (Å²) >= 11 is 0. The van der Waals surface area contributed by atoms with E-state index in [1.807, 2.05) is 170 Å². The Kier molecular flexibility index (Phi) is 72.5. The Labute approximate surface area is 827 Å². The quantitative estimate of drug-likeness (QED) is 0.0440. The van der Waals surface area contributed by atoms with E-state index in [4.69, 9.17) is 133 Å². The van der Waals surface area contributed by atoms with Crippen LogP contribution in [0.3, 0.4) is 0 Å². The van der Waals surface area contributed by atoms with Crippen LogP contribution in [-0.2, 0) is 129 Å². The summed E-state index contributed by atoms with van der Waals surface area (Å²) in [5.74, 6) is 1.64. The molecule has 0 fully saturated rings. The molecule has 28 nitrogen and oxygen atoms in total. The molecule has 0 aliphatic heterocycles. The fourth-order valence-corrected chi connectivity index (χ4v) is 12.0. The zero-order valence-corrected chi connectivity index (χ0v) is 88.9. The first-order valence-corrected chi connectivity index (χ1v) is 46.8. The van der Waals surface area contributed by atoms with E-state index in [1.54, 1.807) is 0 Å². The van der Waals surface area contributed by atoms with Crippen molar-refractivity contribution in [2.24, 2.45) is 16.2 Å². The first kappa shape index (κ1) is 132. The van der Waals surface area contributed by atoms with Gasteiger partial charge in [-0.05, 0) is 181 Å². The number of rotatable bonds is 83. The van der Waals surface area contributed by atoms with Crippen molar-refractivity contribution < 1.29 is 133 Å². The number of hydrogen-bond acceptors (Lipinski definition) is 28. The largest absolute Gasteiger partial charge is 0.497 e. The molecule has 788 valence electrons. The first-order chi connectivity index (χ1) is 64.5. The lowest BCUT2D eigenvalue weighted by molar-refractivity contribution is -0.130. The van der Waals surface area contributed by atoms with Crippen molar-refractivity contribution in [3.8, 4) is 11.5 Å². The second-order valence-electron chi connectivity index (χ2n) is 37.7. The van der Waals surface area contributed by atoms with Gasteiger partial charge in [0.1, 0.15) is 107 Å². The smallest absolute Gasteiger partial charge is 0.132 e. The average Bonchev–Trinajstić information content (AvgIpc) is 0.798. The van der Waals surface area contributed by atoms with Crippen molar-refractivity contribution in [1.82, 2.24) is 0 Å². The van der Waals surface area contributed by atoms with Gasteiger partial charge in [-0.1, -0.05) is 144 Å². The topological polar surface area (TPSA) is 258 Å². The van der Waals surface area contributed by atoms with Crippen LogP contribution in [-0.4, -0.2) is 254 Å². The average molecular weight is 1940 g/mol. The van der Waals surface area contributed by atoms with Gasteiger partial charge in [-0.25, -0.2) is 0 Å². The van der Waals surface area contributed by atoms with Crippen LogP contribution in [0, 0.1) is 16.2 Å². The molecule has 2 aromatic carbocycles. The highest BCUT2D eigenvalue weighted by Gasteiger charge is 2.36. The van der Waals surface area contributed by atoms with Crippen LogP contribution in [0.25, 0.3) is 0 Å². The molecule has 0 amide bonds. The summed E-state index contributed by atoms with van der Waals surface area (Å²) in [5.41, 5.74) is -1.07. The zero-order valence-electron chi connectivity index (χ0n) is 88.9. The van der Waals surface area contributed by atoms with Gasteiger partial charge in [-0.15, -0.1) is 0 Å². The van der Waals surface area contributed by atoms with Gasteiger partial charge in [-0.3, -0.25) is 0 Å². The SMILES string of the molecule is C=COC(C)(C)COCC(C)(COCC(C)(C)OC=C)COCC(C)(C)OC=C.C=COC(C)(C)COCCOCC(C)(C)OC=C.C=COC(C)C(C)Oc1ccc(C(C)(C)c2ccc(OC(C)C(C)OC=C)cc2)cc1.C=COC(C)COCC(C)(COCC(C)OC=C)COCC(C)OC=C.C=COC(C)COCC(COCC(C)OC=C)(COCC(C)OC=C)COCC(C)OC=C. The van der Waals surface area contributed by atoms with Crippen molar-refractivity contribution >= 4 is 0 Å². The van der Waals surface area contributed by atoms with Crippen molar-refractivity contribution in [3.63, 3.8) is 0 Å². The van der Waals surface area contributed by atoms with Crippen LogP contribution < -0.4 is 9.47 Å². The van der Waals surface area contributed by atoms with E-state index in [0.29, 0.717) is 159 Å². The number of hydrogen-bond donors (Lipinski definition) is 0. The Morgan fingerprint density at radius 1 is 0.212 bits per heavy atom. The first-order valence-electron chi connectivity index (χ1n) is 46.8. The highest BCUT2D eigenvalue weighted by Crippen LogP contribution is 2.35. The second-order valence-corrected chi connectivity index (χ2v) is 37.7. The lowest BCUT2D eigenvalue weighted by atomic mass is 9.78. The van der Waals surface area contributed by atoms with Crippen LogP contribution in [0.15, 0.2) is 228 Å². The van der Waals surface area contributed by atoms with E-state index >= 15 is 0 Å². The minimum Gasteiger partial charge on any atom is -0.497 e. The fraction of sp³-hybridized carbons (Fsp3) is 0.633. The molecule has 2 aromatic rings. The van der Waals surface area contributed by atoms with Gasteiger partial charge >= 0.3 is 0 Å². The monoisotopic (exact) mass is 1940 g/mol. The lowest BCUT2D eigenvalue weighted by Crippen LogP contribution is -2.43. The van der Waals surface area contributed by atoms with Crippen LogP contribution >= 0.6 is 0 Å². The maximum Gasteiger partial charge on any atom is 0.132 e. The Morgan fingerprint density at radius 3 is 0.584 bits per heavy atom. The van der Waals surface area contributed by atoms with Gasteiger partial charge < -0.3 is 133 Å². The third-order valence-corrected chi connectivity index (χ3v) is 19.5. The predicted molar refractivity (Wildman–Crippen MR) is 547 cm³/mol. The number of benzene rings is 2. The molecule has 11 atom stereocenters. The van der Waals surface area contributed by atoms with E-state index in [2.05, 4.69) is 144 Å². The van der Waals surface area contributed by atoms with Gasteiger partial charge in [0, 0.05) is 16.2 Å². The summed E-state index contributed by atoms with van der Waals surface area (Å²) in [6, 6.07) is 16.5. The van der Waals surface area contributed by atoms with Crippen LogP contribution in [0.1, 0.15) is 184 Å². The number of ether oxygens (including phenoxy) is 28. The molecule has 0 spiro atoms. The Bertz CT molecular complexity index is 3170. The Morgan fingerprint density at radius 2 is 0.394 bits per heavy atom. The standard InChI is InChI=1S/C27H36O4.C25H44O8.C23H42O6.C20H36O6.C14H26O4/c1-9-28-19(3)21(5)30-25-15-11-23(12-16-25)27(7,8)24-13-17-26(18-14-24)31-22(6)20(4)29-10-2;1-9-30-21(5)13-26-17-25(18-27-14-22(6)31-10-2,19-28-15-23(7)32-11-3)20-29-16-24(8)33-12-4;1-11-27-20(4,5)14-24-17-23(10,18-25-15-21(6,7)28-12-2)19-26-16-22(8,9)29-13-3;1-8-24-17(4)11-21-14-20(7,15-22-12-18(5)25-9-2)16-23-13-19(6)26-10-3;1-7-17-13(3,4)11-15-9-10-16-12-14(5,6)18-8-2/h9-22H,1-2H2,3-8H3;9-12,21-24H,1-4,13-20H2,5-8H3;11-13H,1-3,14-19H2,4-10H3;8-10,17-19H,1-3,11-16H2,4-7H3;7-8H,1-2,9-12H2,3-6H3. The van der Waals surface area contributed by atoms with Crippen molar-refractivity contribution in [3.05, 3.63) is 239 Å².